The molecule has 0 spiro atoms. The summed E-state index contributed by atoms with van der Waals surface area (Å²) in [6, 6.07) is 23.8. The number of benzene rings is 3. The number of anilines is 1. The third-order valence-corrected chi connectivity index (χ3v) is 7.63. The zero-order valence-electron chi connectivity index (χ0n) is 18.2. The van der Waals surface area contributed by atoms with Gasteiger partial charge in [0.1, 0.15) is 11.5 Å². The van der Waals surface area contributed by atoms with Crippen LogP contribution in [0.2, 0.25) is 0 Å². The summed E-state index contributed by atoms with van der Waals surface area (Å²) in [6.45, 7) is 0. The molecule has 174 valence electrons. The number of hydrogen-bond acceptors (Lipinski definition) is 8. The lowest BCUT2D eigenvalue weighted by atomic mass is 9.95. The van der Waals surface area contributed by atoms with E-state index in [9.17, 15) is 19.8 Å². The first-order valence-corrected chi connectivity index (χ1v) is 12.5. The molecule has 35 heavy (non-hydrogen) atoms. The Kier molecular flexibility index (Phi) is 6.35. The molecular weight excluding hydrogens is 482 g/mol. The predicted octanol–water partition coefficient (Wildman–Crippen LogP) is 5.16. The minimum atomic E-state index is -0.921. The molecule has 4 aromatic rings. The Morgan fingerprint density at radius 1 is 0.914 bits per heavy atom. The number of aliphatic hydroxyl groups is 1. The zero-order chi connectivity index (χ0) is 24.4. The topological polar surface area (TPSA) is 104 Å². The number of phenols is 1. The number of hydrogen-bond donors (Lipinski definition) is 2. The van der Waals surface area contributed by atoms with E-state index in [1.54, 1.807) is 42.5 Å². The molecule has 1 fully saturated rings. The number of Topliss-reactive ketones (excluding diaryl/α,β-unsaturated/α-hetero) is 1. The summed E-state index contributed by atoms with van der Waals surface area (Å²) < 4.78 is 0.651. The molecule has 1 amide bonds. The third-order valence-electron chi connectivity index (χ3n) is 5.51. The van der Waals surface area contributed by atoms with E-state index in [0.717, 1.165) is 5.56 Å². The number of aliphatic hydroxyl groups excluding tert-OH is 1. The maximum Gasteiger partial charge on any atom is 0.301 e. The largest absolute Gasteiger partial charge is 0.508 e. The highest BCUT2D eigenvalue weighted by Crippen LogP contribution is 2.44. The Bertz CT molecular complexity index is 1400. The quantitative estimate of drug-likeness (QED) is 0.124. The molecule has 3 aromatic carbocycles. The standard InChI is InChI=1S/C26H19N3O4S2/c30-19-13-11-17(12-14-19)21-20(22(31)18-9-5-2-6-10-18)23(32)24(33)29(21)25-27-28-26(35-25)34-15-16-7-3-1-4-8-16/h1-14,21,30-31H,15H2/t21-/m1/s1. The maximum atomic E-state index is 13.2. The summed E-state index contributed by atoms with van der Waals surface area (Å²) in [7, 11) is 0. The number of amides is 1. The number of ketones is 1. The molecule has 0 aliphatic carbocycles. The smallest absolute Gasteiger partial charge is 0.301 e. The molecular formula is C26H19N3O4S2. The molecule has 2 heterocycles. The van der Waals surface area contributed by atoms with Gasteiger partial charge in [0.15, 0.2) is 4.34 Å². The summed E-state index contributed by atoms with van der Waals surface area (Å²) in [5, 5.41) is 29.5. The highest BCUT2D eigenvalue weighted by atomic mass is 32.2. The van der Waals surface area contributed by atoms with Crippen LogP contribution in [0.4, 0.5) is 5.13 Å². The lowest BCUT2D eigenvalue weighted by Crippen LogP contribution is -2.29. The molecule has 1 aliphatic heterocycles. The molecule has 2 N–H and O–H groups in total. The van der Waals surface area contributed by atoms with E-state index in [4.69, 9.17) is 0 Å². The first-order chi connectivity index (χ1) is 17.0. The highest BCUT2D eigenvalue weighted by molar-refractivity contribution is 8.00. The van der Waals surface area contributed by atoms with Crippen molar-refractivity contribution in [3.05, 3.63) is 107 Å². The predicted molar refractivity (Wildman–Crippen MR) is 135 cm³/mol. The van der Waals surface area contributed by atoms with Crippen LogP contribution in [0, 0.1) is 0 Å². The van der Waals surface area contributed by atoms with Crippen LogP contribution in [-0.2, 0) is 15.3 Å². The highest BCUT2D eigenvalue weighted by Gasteiger charge is 2.48. The second-order valence-electron chi connectivity index (χ2n) is 7.75. The van der Waals surface area contributed by atoms with Crippen molar-refractivity contribution < 1.29 is 19.8 Å². The van der Waals surface area contributed by atoms with Gasteiger partial charge in [-0.3, -0.25) is 14.5 Å². The fraction of sp³-hybridized carbons (Fsp3) is 0.0769. The monoisotopic (exact) mass is 501 g/mol. The summed E-state index contributed by atoms with van der Waals surface area (Å²) >= 11 is 2.69. The lowest BCUT2D eigenvalue weighted by Gasteiger charge is -2.22. The van der Waals surface area contributed by atoms with Crippen molar-refractivity contribution in [3.63, 3.8) is 0 Å². The van der Waals surface area contributed by atoms with E-state index in [1.807, 2.05) is 30.3 Å². The van der Waals surface area contributed by atoms with Crippen molar-refractivity contribution in [1.82, 2.24) is 10.2 Å². The van der Waals surface area contributed by atoms with Crippen LogP contribution in [0.5, 0.6) is 5.75 Å². The molecule has 7 nitrogen and oxygen atoms in total. The number of phenolic OH excluding ortho intramolecular Hbond substituents is 1. The fourth-order valence-electron chi connectivity index (χ4n) is 3.83. The molecule has 0 unspecified atom stereocenters. The van der Waals surface area contributed by atoms with Crippen LogP contribution in [0.3, 0.4) is 0 Å². The number of aromatic nitrogens is 2. The van der Waals surface area contributed by atoms with Crippen molar-refractivity contribution in [2.24, 2.45) is 0 Å². The van der Waals surface area contributed by atoms with Crippen LogP contribution in [-0.4, -0.2) is 32.1 Å². The van der Waals surface area contributed by atoms with Gasteiger partial charge in [-0.15, -0.1) is 10.2 Å². The molecule has 0 bridgehead atoms. The van der Waals surface area contributed by atoms with Gasteiger partial charge in [0.25, 0.3) is 5.78 Å². The Morgan fingerprint density at radius 3 is 2.26 bits per heavy atom. The average molecular weight is 502 g/mol. The molecule has 1 aliphatic rings. The van der Waals surface area contributed by atoms with Crippen molar-refractivity contribution in [2.45, 2.75) is 16.1 Å². The lowest BCUT2D eigenvalue weighted by molar-refractivity contribution is -0.132. The van der Waals surface area contributed by atoms with Gasteiger partial charge in [0.2, 0.25) is 5.13 Å². The van der Waals surface area contributed by atoms with Crippen LogP contribution >= 0.6 is 23.1 Å². The number of carbonyl (C=O) groups excluding carboxylic acids is 2. The van der Waals surface area contributed by atoms with Gasteiger partial charge in [-0.05, 0) is 23.3 Å². The molecule has 0 radical (unpaired) electrons. The van der Waals surface area contributed by atoms with E-state index >= 15 is 0 Å². The summed E-state index contributed by atoms with van der Waals surface area (Å²) in [5.41, 5.74) is 2.06. The minimum absolute atomic E-state index is 0.0411. The second kappa shape index (κ2) is 9.73. The van der Waals surface area contributed by atoms with Crippen molar-refractivity contribution in [1.29, 1.82) is 0 Å². The fourth-order valence-corrected chi connectivity index (χ4v) is 5.65. The van der Waals surface area contributed by atoms with Gasteiger partial charge in [0.05, 0.1) is 11.6 Å². The Labute approximate surface area is 209 Å². The zero-order valence-corrected chi connectivity index (χ0v) is 19.9. The number of carbonyl (C=O) groups is 2. The van der Waals surface area contributed by atoms with E-state index in [1.165, 1.54) is 40.1 Å². The second-order valence-corrected chi connectivity index (χ2v) is 9.93. The molecule has 1 saturated heterocycles. The number of nitrogens with zero attached hydrogens (tertiary/aromatic N) is 3. The van der Waals surface area contributed by atoms with Gasteiger partial charge in [-0.1, -0.05) is 95.9 Å². The van der Waals surface area contributed by atoms with E-state index in [2.05, 4.69) is 10.2 Å². The van der Waals surface area contributed by atoms with Gasteiger partial charge >= 0.3 is 5.91 Å². The number of thioether (sulfide) groups is 1. The minimum Gasteiger partial charge on any atom is -0.508 e. The van der Waals surface area contributed by atoms with E-state index < -0.39 is 17.7 Å². The Morgan fingerprint density at radius 2 is 1.57 bits per heavy atom. The normalized spacial score (nSPS) is 17.1. The van der Waals surface area contributed by atoms with Crippen molar-refractivity contribution >= 4 is 45.7 Å². The van der Waals surface area contributed by atoms with Gasteiger partial charge < -0.3 is 10.2 Å². The third kappa shape index (κ3) is 4.55. The summed E-state index contributed by atoms with van der Waals surface area (Å²) in [4.78, 5) is 27.6. The molecule has 5 rings (SSSR count). The first kappa shape index (κ1) is 22.8. The van der Waals surface area contributed by atoms with E-state index in [-0.39, 0.29) is 22.2 Å². The van der Waals surface area contributed by atoms with Gasteiger partial charge in [-0.25, -0.2) is 0 Å². The average Bonchev–Trinajstić information content (AvgIpc) is 3.46. The number of aromatic hydroxyl groups is 1. The van der Waals surface area contributed by atoms with Crippen molar-refractivity contribution in [2.75, 3.05) is 4.90 Å². The van der Waals surface area contributed by atoms with Crippen LogP contribution < -0.4 is 4.90 Å². The molecule has 1 aromatic heterocycles. The van der Waals surface area contributed by atoms with Crippen molar-refractivity contribution in [3.8, 4) is 5.75 Å². The first-order valence-electron chi connectivity index (χ1n) is 10.7. The van der Waals surface area contributed by atoms with Crippen LogP contribution in [0.25, 0.3) is 5.76 Å². The summed E-state index contributed by atoms with van der Waals surface area (Å²) in [6.07, 6.45) is 0. The van der Waals surface area contributed by atoms with E-state index in [0.29, 0.717) is 21.2 Å². The molecule has 9 heteroatoms. The number of rotatable bonds is 6. The van der Waals surface area contributed by atoms with Gasteiger partial charge in [0, 0.05) is 11.3 Å². The Hall–Kier alpha value is -3.95. The maximum absolute atomic E-state index is 13.2. The van der Waals surface area contributed by atoms with Crippen LogP contribution in [0.15, 0.2) is 94.8 Å². The molecule has 1 atom stereocenters. The van der Waals surface area contributed by atoms with Crippen LogP contribution in [0.1, 0.15) is 22.7 Å². The Balaban J connectivity index is 1.54. The van der Waals surface area contributed by atoms with Gasteiger partial charge in [-0.2, -0.15) is 0 Å². The summed E-state index contributed by atoms with van der Waals surface area (Å²) in [5.74, 6) is -1.14. The SMILES string of the molecule is O=C1C(=O)N(c2nnc(SCc3ccccc3)s2)[C@H](c2ccc(O)cc2)C1=C(O)c1ccccc1. The molecule has 0 saturated carbocycles.